The molecule has 0 atom stereocenters. The molecular weight excluding hydrogens is 490 g/mol. The molecule has 0 aromatic heterocycles. The predicted molar refractivity (Wildman–Crippen MR) is 0 cm³/mol. The smallest absolute Gasteiger partial charge is 0 e. The van der Waals surface area contributed by atoms with E-state index in [1.165, 1.54) is 0 Å². The molecule has 0 aromatic carbocycles. The molecule has 0 fully saturated rings. The first-order chi connectivity index (χ1) is 0. The Morgan fingerprint density at radius 3 is 1.00 bits per heavy atom. The maximum absolute atomic E-state index is 0. The second-order valence-electron chi connectivity index (χ2n) is 0. The Labute approximate surface area is 125 Å². The molecule has 5 heteroatoms. The molecule has 0 rings (SSSR count). The Morgan fingerprint density at radius 1 is 1.00 bits per heavy atom. The van der Waals surface area contributed by atoms with Crippen molar-refractivity contribution in [2.24, 2.45) is 0 Å². The second kappa shape index (κ2) is 24.1. The van der Waals surface area contributed by atoms with Crippen LogP contribution in [0, 0.1) is 35.6 Å². The van der Waals surface area contributed by atoms with Crippen molar-refractivity contribution in [2.75, 3.05) is 0 Å². The van der Waals surface area contributed by atoms with Crippen molar-refractivity contribution in [1.29, 1.82) is 0 Å². The summed E-state index contributed by atoms with van der Waals surface area (Å²) in [6.07, 6.45) is 0. The standard InChI is InChI=1S/Ag.La.Mo.Ni.Y. The average Bonchev–Trinajstić information content (AvgIpc) is 0. The maximum Gasteiger partial charge on any atom is 0 e. The van der Waals surface area contributed by atoms with E-state index in [4.69, 9.17) is 0 Å². The summed E-state index contributed by atoms with van der Waals surface area (Å²) >= 11 is 0. The zero-order valence-electron chi connectivity index (χ0n) is 2.18. The molecule has 0 aliphatic carbocycles. The van der Waals surface area contributed by atoms with Gasteiger partial charge in [0, 0.05) is 128 Å². The van der Waals surface area contributed by atoms with E-state index in [0.717, 1.165) is 0 Å². The van der Waals surface area contributed by atoms with Crippen molar-refractivity contribution < 1.29 is 128 Å². The Hall–Kier alpha value is 4.22. The first-order valence-corrected chi connectivity index (χ1v) is 0. The van der Waals surface area contributed by atoms with Crippen LogP contribution in [-0.4, -0.2) is 0 Å². The molecule has 0 N–H and O–H groups in total. The molecule has 5 heavy (non-hydrogen) atoms. The van der Waals surface area contributed by atoms with Gasteiger partial charge in [-0.2, -0.15) is 0 Å². The van der Waals surface area contributed by atoms with Crippen molar-refractivity contribution in [3.63, 3.8) is 0 Å². The number of rotatable bonds is 0. The second-order valence-corrected chi connectivity index (χ2v) is 0. The molecule has 0 bridgehead atoms. The minimum absolute atomic E-state index is 0. The average molecular weight is 490 g/mol. The molecular formula is AgLaMoNiY. The Bertz CT molecular complexity index is 11.6. The summed E-state index contributed by atoms with van der Waals surface area (Å²) in [5.74, 6) is 0. The first kappa shape index (κ1) is 35.0. The quantitative estimate of drug-likeness (QED) is 0.420. The monoisotopic (exact) mass is 491 g/mol. The van der Waals surface area contributed by atoms with Gasteiger partial charge in [-0.3, -0.25) is 0 Å². The van der Waals surface area contributed by atoms with Gasteiger partial charge in [0.25, 0.3) is 0 Å². The fraction of sp³-hybridized carbons (Fsp3) is 0. The van der Waals surface area contributed by atoms with E-state index in [9.17, 15) is 0 Å². The van der Waals surface area contributed by atoms with Gasteiger partial charge in [0.2, 0.25) is 0 Å². The summed E-state index contributed by atoms with van der Waals surface area (Å²) in [6.45, 7) is 0. The Morgan fingerprint density at radius 2 is 1.00 bits per heavy atom. The molecule has 0 amide bonds. The largest absolute Gasteiger partial charge is 0 e. The molecule has 0 aliphatic rings. The SMILES string of the molecule is [Ag].[La].[Mo].[Ni].[Y]. The summed E-state index contributed by atoms with van der Waals surface area (Å²) in [5.41, 5.74) is 0. The molecule has 0 saturated carbocycles. The summed E-state index contributed by atoms with van der Waals surface area (Å²) < 4.78 is 0. The summed E-state index contributed by atoms with van der Waals surface area (Å²) in [4.78, 5) is 0. The Balaban J connectivity index is 0. The van der Waals surface area contributed by atoms with Gasteiger partial charge < -0.3 is 0 Å². The first-order valence-electron chi connectivity index (χ1n) is 0. The van der Waals surface area contributed by atoms with Crippen LogP contribution in [-0.2, 0) is 92.6 Å². The number of hydrogen-bond donors (Lipinski definition) is 0. The third kappa shape index (κ3) is 17.9. The van der Waals surface area contributed by atoms with Crippen LogP contribution < -0.4 is 0 Å². The molecule has 0 nitrogen and oxygen atoms in total. The van der Waals surface area contributed by atoms with Crippen molar-refractivity contribution in [3.05, 3.63) is 0 Å². The van der Waals surface area contributed by atoms with E-state index < -0.39 is 0 Å². The van der Waals surface area contributed by atoms with Gasteiger partial charge >= 0.3 is 0 Å². The fourth-order valence-corrected chi connectivity index (χ4v) is 0. The minimum atomic E-state index is 0. The molecule has 0 unspecified atom stereocenters. The maximum atomic E-state index is 0. The van der Waals surface area contributed by atoms with Crippen molar-refractivity contribution >= 4 is 0 Å². The molecule has 0 saturated heterocycles. The van der Waals surface area contributed by atoms with Crippen molar-refractivity contribution in [2.45, 2.75) is 0 Å². The Kier molecular flexibility index (Phi) is 168. The molecule has 0 aromatic rings. The van der Waals surface area contributed by atoms with E-state index in [2.05, 4.69) is 0 Å². The van der Waals surface area contributed by atoms with Gasteiger partial charge in [-0.15, -0.1) is 0 Å². The van der Waals surface area contributed by atoms with E-state index in [0.29, 0.717) is 0 Å². The molecule has 0 aliphatic heterocycles. The molecule has 33 valence electrons. The minimum Gasteiger partial charge on any atom is 0 e. The van der Waals surface area contributed by atoms with Crippen LogP contribution in [0.1, 0.15) is 0 Å². The summed E-state index contributed by atoms with van der Waals surface area (Å²) in [5, 5.41) is 0. The van der Waals surface area contributed by atoms with Crippen LogP contribution in [0.3, 0.4) is 0 Å². The van der Waals surface area contributed by atoms with Crippen LogP contribution >= 0.6 is 0 Å². The topological polar surface area (TPSA) is 0 Å². The van der Waals surface area contributed by atoms with Crippen molar-refractivity contribution in [1.82, 2.24) is 0 Å². The van der Waals surface area contributed by atoms with Gasteiger partial charge in [-0.1, -0.05) is 0 Å². The normalized spacial score (nSPS) is 0. The van der Waals surface area contributed by atoms with Crippen molar-refractivity contribution in [3.8, 4) is 0 Å². The third-order valence-corrected chi connectivity index (χ3v) is 0. The number of hydrogen-bond acceptors (Lipinski definition) is 0. The fourth-order valence-electron chi connectivity index (χ4n) is 0. The molecule has 3 radical (unpaired) electrons. The van der Waals surface area contributed by atoms with E-state index >= 15 is 0 Å². The van der Waals surface area contributed by atoms with Crippen LogP contribution in [0.2, 0.25) is 0 Å². The van der Waals surface area contributed by atoms with Gasteiger partial charge in [-0.05, 0) is 0 Å². The van der Waals surface area contributed by atoms with E-state index in [-0.39, 0.29) is 128 Å². The molecule has 0 heterocycles. The third-order valence-electron chi connectivity index (χ3n) is 0. The van der Waals surface area contributed by atoms with Crippen LogP contribution in [0.25, 0.3) is 0 Å². The molecule has 0 spiro atoms. The van der Waals surface area contributed by atoms with Crippen LogP contribution in [0.4, 0.5) is 0 Å². The van der Waals surface area contributed by atoms with Crippen LogP contribution in [0.15, 0.2) is 0 Å². The summed E-state index contributed by atoms with van der Waals surface area (Å²) in [7, 11) is 0. The zero-order valence-corrected chi connectivity index (χ0v) is 13.1. The van der Waals surface area contributed by atoms with Gasteiger partial charge in [0.05, 0.1) is 0 Å². The van der Waals surface area contributed by atoms with E-state index in [1.54, 1.807) is 0 Å². The van der Waals surface area contributed by atoms with Crippen LogP contribution in [0.5, 0.6) is 0 Å². The van der Waals surface area contributed by atoms with Gasteiger partial charge in [-0.25, -0.2) is 0 Å². The zero-order chi connectivity index (χ0) is 0. The van der Waals surface area contributed by atoms with E-state index in [1.807, 2.05) is 0 Å². The van der Waals surface area contributed by atoms with Gasteiger partial charge in [0.1, 0.15) is 0 Å². The predicted octanol–water partition coefficient (Wildman–Crippen LogP) is -0.0100. The van der Waals surface area contributed by atoms with Gasteiger partial charge in [0.15, 0.2) is 0 Å². The summed E-state index contributed by atoms with van der Waals surface area (Å²) in [6, 6.07) is 0.